The third-order valence-electron chi connectivity index (χ3n) is 3.38. The van der Waals surface area contributed by atoms with E-state index in [1.54, 1.807) is 7.11 Å². The van der Waals surface area contributed by atoms with Crippen LogP contribution in [0.4, 0.5) is 5.69 Å². The number of anilines is 1. The molecule has 2 N–H and O–H groups in total. The topological polar surface area (TPSA) is 60.0 Å². The molecule has 1 aromatic carbocycles. The number of nitrogens with one attached hydrogen (secondary N) is 1. The van der Waals surface area contributed by atoms with Crippen molar-refractivity contribution in [2.45, 2.75) is 31.9 Å². The van der Waals surface area contributed by atoms with Crippen molar-refractivity contribution in [2.24, 2.45) is 0 Å². The summed E-state index contributed by atoms with van der Waals surface area (Å²) in [6, 6.07) is 6.19. The van der Waals surface area contributed by atoms with E-state index in [2.05, 4.69) is 5.32 Å². The van der Waals surface area contributed by atoms with Crippen molar-refractivity contribution in [3.63, 3.8) is 0 Å². The van der Waals surface area contributed by atoms with E-state index in [1.807, 2.05) is 25.1 Å². The van der Waals surface area contributed by atoms with E-state index in [4.69, 9.17) is 19.3 Å². The predicted molar refractivity (Wildman–Crippen MR) is 77.6 cm³/mol. The molecule has 0 atom stereocenters. The van der Waals surface area contributed by atoms with Crippen LogP contribution in [-0.2, 0) is 4.74 Å². The zero-order valence-electron chi connectivity index (χ0n) is 12.1. The second kappa shape index (κ2) is 7.36. The van der Waals surface area contributed by atoms with Crippen molar-refractivity contribution in [2.75, 3.05) is 32.2 Å². The zero-order valence-corrected chi connectivity index (χ0v) is 12.1. The fourth-order valence-corrected chi connectivity index (χ4v) is 2.33. The Bertz CT molecular complexity index is 418. The molecular weight excluding hydrogens is 258 g/mol. The number of hydrogen-bond donors (Lipinski definition) is 2. The highest BCUT2D eigenvalue weighted by molar-refractivity contribution is 5.55. The molecule has 0 amide bonds. The number of rotatable bonds is 8. The molecule has 5 heteroatoms. The van der Waals surface area contributed by atoms with E-state index in [9.17, 15) is 0 Å². The lowest BCUT2D eigenvalue weighted by atomic mass is 9.89. The summed E-state index contributed by atoms with van der Waals surface area (Å²) < 4.78 is 16.3. The Hall–Kier alpha value is -1.46. The number of ether oxygens (including phenoxy) is 3. The van der Waals surface area contributed by atoms with E-state index in [0.717, 1.165) is 25.1 Å². The number of aliphatic hydroxyl groups is 1. The van der Waals surface area contributed by atoms with Crippen molar-refractivity contribution < 1.29 is 19.3 Å². The minimum absolute atomic E-state index is 0.0144. The normalized spacial score (nSPS) is 21.1. The molecule has 1 aliphatic rings. The first kappa shape index (κ1) is 14.9. The summed E-state index contributed by atoms with van der Waals surface area (Å²) in [6.45, 7) is 3.04. The molecule has 1 aromatic rings. The highest BCUT2D eigenvalue weighted by Crippen LogP contribution is 2.33. The van der Waals surface area contributed by atoms with Gasteiger partial charge in [0.15, 0.2) is 11.5 Å². The van der Waals surface area contributed by atoms with Crippen LogP contribution in [0, 0.1) is 0 Å². The van der Waals surface area contributed by atoms with Crippen molar-refractivity contribution in [3.05, 3.63) is 18.2 Å². The van der Waals surface area contributed by atoms with E-state index < -0.39 is 0 Å². The lowest BCUT2D eigenvalue weighted by Gasteiger charge is -2.36. The molecule has 1 fully saturated rings. The average molecular weight is 281 g/mol. The van der Waals surface area contributed by atoms with Crippen molar-refractivity contribution >= 4 is 5.69 Å². The molecule has 0 bridgehead atoms. The van der Waals surface area contributed by atoms with Gasteiger partial charge in [0.25, 0.3) is 0 Å². The zero-order chi connectivity index (χ0) is 14.4. The first-order valence-electron chi connectivity index (χ1n) is 7.06. The number of methoxy groups -OCH3 is 1. The maximum Gasteiger partial charge on any atom is 0.163 e. The third-order valence-corrected chi connectivity index (χ3v) is 3.38. The molecule has 1 saturated carbocycles. The maximum atomic E-state index is 8.84. The Kier molecular flexibility index (Phi) is 5.49. The Labute approximate surface area is 119 Å². The molecule has 0 heterocycles. The van der Waals surface area contributed by atoms with Crippen LogP contribution in [0.1, 0.15) is 19.8 Å². The molecule has 1 aliphatic carbocycles. The molecular formula is C15H23NO4. The maximum absolute atomic E-state index is 8.84. The standard InChI is InChI=1S/C15H23NO4/c1-3-19-13-8-12(9-13)16-11-4-5-14(18-2)15(10-11)20-7-6-17/h4-5,10,12-13,16-17H,3,6-9H2,1-2H3. The fraction of sp³-hybridized carbons (Fsp3) is 0.600. The molecule has 0 radical (unpaired) electrons. The van der Waals surface area contributed by atoms with Crippen LogP contribution in [0.25, 0.3) is 0 Å². The van der Waals surface area contributed by atoms with Crippen molar-refractivity contribution in [3.8, 4) is 11.5 Å². The van der Waals surface area contributed by atoms with Gasteiger partial charge in [-0.15, -0.1) is 0 Å². The summed E-state index contributed by atoms with van der Waals surface area (Å²) in [5.74, 6) is 1.32. The first-order chi connectivity index (χ1) is 9.76. The van der Waals surface area contributed by atoms with Gasteiger partial charge in [-0.2, -0.15) is 0 Å². The van der Waals surface area contributed by atoms with Gasteiger partial charge in [0, 0.05) is 24.4 Å². The molecule has 0 aliphatic heterocycles. The monoisotopic (exact) mass is 281 g/mol. The highest BCUT2D eigenvalue weighted by atomic mass is 16.5. The van der Waals surface area contributed by atoms with Crippen molar-refractivity contribution in [1.82, 2.24) is 0 Å². The summed E-state index contributed by atoms with van der Waals surface area (Å²) in [7, 11) is 1.60. The lowest BCUT2D eigenvalue weighted by molar-refractivity contribution is 0.00299. The summed E-state index contributed by atoms with van der Waals surface area (Å²) in [5.41, 5.74) is 0.999. The van der Waals surface area contributed by atoms with E-state index in [1.165, 1.54) is 0 Å². The Balaban J connectivity index is 1.92. The van der Waals surface area contributed by atoms with Crippen LogP contribution in [0.3, 0.4) is 0 Å². The lowest BCUT2D eigenvalue weighted by Crippen LogP contribution is -2.40. The van der Waals surface area contributed by atoms with Gasteiger partial charge < -0.3 is 24.6 Å². The van der Waals surface area contributed by atoms with Gasteiger partial charge >= 0.3 is 0 Å². The summed E-state index contributed by atoms with van der Waals surface area (Å²) in [4.78, 5) is 0. The van der Waals surface area contributed by atoms with Crippen LogP contribution in [-0.4, -0.2) is 44.2 Å². The number of aliphatic hydroxyl groups excluding tert-OH is 1. The van der Waals surface area contributed by atoms with E-state index in [0.29, 0.717) is 23.6 Å². The fourth-order valence-electron chi connectivity index (χ4n) is 2.33. The van der Waals surface area contributed by atoms with E-state index in [-0.39, 0.29) is 13.2 Å². The molecule has 2 rings (SSSR count). The quantitative estimate of drug-likeness (QED) is 0.763. The second-order valence-corrected chi connectivity index (χ2v) is 4.83. The Morgan fingerprint density at radius 3 is 2.75 bits per heavy atom. The highest BCUT2D eigenvalue weighted by Gasteiger charge is 2.29. The smallest absolute Gasteiger partial charge is 0.163 e. The molecule has 20 heavy (non-hydrogen) atoms. The van der Waals surface area contributed by atoms with Gasteiger partial charge in [-0.25, -0.2) is 0 Å². The van der Waals surface area contributed by atoms with Gasteiger partial charge in [0.05, 0.1) is 19.8 Å². The predicted octanol–water partition coefficient (Wildman–Crippen LogP) is 2.05. The van der Waals surface area contributed by atoms with Crippen LogP contribution in [0.2, 0.25) is 0 Å². The van der Waals surface area contributed by atoms with E-state index >= 15 is 0 Å². The Morgan fingerprint density at radius 1 is 1.30 bits per heavy atom. The number of benzene rings is 1. The first-order valence-corrected chi connectivity index (χ1v) is 7.06. The van der Waals surface area contributed by atoms with Gasteiger partial charge in [0.1, 0.15) is 6.61 Å². The van der Waals surface area contributed by atoms with Gasteiger partial charge in [-0.3, -0.25) is 0 Å². The van der Waals surface area contributed by atoms with Gasteiger partial charge in [-0.1, -0.05) is 0 Å². The largest absolute Gasteiger partial charge is 0.493 e. The minimum Gasteiger partial charge on any atom is -0.493 e. The Morgan fingerprint density at radius 2 is 2.10 bits per heavy atom. The third kappa shape index (κ3) is 3.77. The molecule has 5 nitrogen and oxygen atoms in total. The van der Waals surface area contributed by atoms with Crippen molar-refractivity contribution in [1.29, 1.82) is 0 Å². The summed E-state index contributed by atoms with van der Waals surface area (Å²) >= 11 is 0. The van der Waals surface area contributed by atoms with Crippen LogP contribution in [0.15, 0.2) is 18.2 Å². The van der Waals surface area contributed by atoms with Crippen LogP contribution < -0.4 is 14.8 Å². The second-order valence-electron chi connectivity index (χ2n) is 4.83. The number of hydrogen-bond acceptors (Lipinski definition) is 5. The van der Waals surface area contributed by atoms with Crippen LogP contribution in [0.5, 0.6) is 11.5 Å². The SMILES string of the molecule is CCOC1CC(Nc2ccc(OC)c(OCCO)c2)C1. The molecule has 0 unspecified atom stereocenters. The summed E-state index contributed by atoms with van der Waals surface area (Å²) in [6.07, 6.45) is 2.46. The minimum atomic E-state index is -0.0144. The van der Waals surface area contributed by atoms with Crippen LogP contribution >= 0.6 is 0 Å². The molecule has 112 valence electrons. The molecule has 0 spiro atoms. The van der Waals surface area contributed by atoms with Gasteiger partial charge in [-0.05, 0) is 31.9 Å². The molecule has 0 saturated heterocycles. The summed E-state index contributed by atoms with van der Waals surface area (Å²) in [5, 5.41) is 12.3. The average Bonchev–Trinajstić information content (AvgIpc) is 2.43. The van der Waals surface area contributed by atoms with Gasteiger partial charge in [0.2, 0.25) is 0 Å². The molecule has 0 aromatic heterocycles.